The van der Waals surface area contributed by atoms with Crippen molar-refractivity contribution in [2.45, 2.75) is 26.9 Å². The Balaban J connectivity index is 1.93. The van der Waals surface area contributed by atoms with Crippen molar-refractivity contribution in [3.63, 3.8) is 0 Å². The highest BCUT2D eigenvalue weighted by molar-refractivity contribution is 9.10. The molecule has 1 heterocycles. The SMILES string of the molecule is CCN(CC)CCn1c(=N)n(CC(=O)c2ccc(Br)cc2)c2ccccc21. The fourth-order valence-electron chi connectivity index (χ4n) is 3.33. The fraction of sp³-hybridized carbons (Fsp3) is 0.333. The summed E-state index contributed by atoms with van der Waals surface area (Å²) in [4.78, 5) is 15.1. The van der Waals surface area contributed by atoms with E-state index in [1.807, 2.05) is 57.7 Å². The van der Waals surface area contributed by atoms with Crippen molar-refractivity contribution in [2.24, 2.45) is 0 Å². The Kier molecular flexibility index (Phi) is 6.29. The van der Waals surface area contributed by atoms with Gasteiger partial charge < -0.3 is 14.0 Å². The smallest absolute Gasteiger partial charge is 0.203 e. The van der Waals surface area contributed by atoms with Crippen LogP contribution in [0.5, 0.6) is 0 Å². The molecule has 6 heteroatoms. The molecule has 3 aromatic rings. The number of fused-ring (bicyclic) bond motifs is 1. The van der Waals surface area contributed by atoms with E-state index in [2.05, 4.69) is 34.7 Å². The molecule has 0 fully saturated rings. The summed E-state index contributed by atoms with van der Waals surface area (Å²) in [6.07, 6.45) is 0. The molecular formula is C21H25BrN4O. The lowest BCUT2D eigenvalue weighted by atomic mass is 10.1. The van der Waals surface area contributed by atoms with Crippen molar-refractivity contribution in [3.8, 4) is 0 Å². The molecule has 1 aromatic heterocycles. The van der Waals surface area contributed by atoms with E-state index in [0.29, 0.717) is 11.2 Å². The first-order chi connectivity index (χ1) is 13.0. The van der Waals surface area contributed by atoms with Gasteiger partial charge >= 0.3 is 0 Å². The van der Waals surface area contributed by atoms with Crippen molar-refractivity contribution >= 4 is 32.7 Å². The Bertz CT molecular complexity index is 984. The van der Waals surface area contributed by atoms with Gasteiger partial charge in [0.15, 0.2) is 5.78 Å². The van der Waals surface area contributed by atoms with E-state index in [4.69, 9.17) is 5.41 Å². The van der Waals surface area contributed by atoms with Crippen LogP contribution < -0.4 is 5.62 Å². The van der Waals surface area contributed by atoms with Gasteiger partial charge in [-0.1, -0.05) is 54.0 Å². The minimum Gasteiger partial charge on any atom is -0.309 e. The lowest BCUT2D eigenvalue weighted by Gasteiger charge is -2.18. The molecular weight excluding hydrogens is 404 g/mol. The van der Waals surface area contributed by atoms with Gasteiger partial charge in [0.05, 0.1) is 17.6 Å². The Morgan fingerprint density at radius 3 is 2.19 bits per heavy atom. The summed E-state index contributed by atoms with van der Waals surface area (Å²) in [5, 5.41) is 8.67. The zero-order valence-electron chi connectivity index (χ0n) is 15.8. The Morgan fingerprint density at radius 2 is 1.59 bits per heavy atom. The molecule has 0 aliphatic heterocycles. The molecule has 5 nitrogen and oxygen atoms in total. The number of Topliss-reactive ketones (excluding diaryl/α,β-unsaturated/α-hetero) is 1. The molecule has 0 atom stereocenters. The average Bonchev–Trinajstić information content (AvgIpc) is 2.95. The highest BCUT2D eigenvalue weighted by atomic mass is 79.9. The number of nitrogens with one attached hydrogen (secondary N) is 1. The van der Waals surface area contributed by atoms with E-state index in [-0.39, 0.29) is 12.3 Å². The second kappa shape index (κ2) is 8.67. The minimum atomic E-state index is 0.00708. The van der Waals surface area contributed by atoms with Crippen molar-refractivity contribution in [1.82, 2.24) is 14.0 Å². The number of imidazole rings is 1. The Hall–Kier alpha value is -2.18. The molecule has 0 spiro atoms. The van der Waals surface area contributed by atoms with Crippen molar-refractivity contribution in [1.29, 1.82) is 5.41 Å². The molecule has 142 valence electrons. The number of halogens is 1. The van der Waals surface area contributed by atoms with Gasteiger partial charge in [-0.3, -0.25) is 10.2 Å². The van der Waals surface area contributed by atoms with Crippen molar-refractivity contribution < 1.29 is 4.79 Å². The Labute approximate surface area is 167 Å². The van der Waals surface area contributed by atoms with E-state index in [9.17, 15) is 4.79 Å². The van der Waals surface area contributed by atoms with Crippen LogP contribution >= 0.6 is 15.9 Å². The lowest BCUT2D eigenvalue weighted by molar-refractivity contribution is 0.0971. The molecule has 0 amide bonds. The number of likely N-dealkylation sites (N-methyl/N-ethyl adjacent to an activating group) is 1. The minimum absolute atomic E-state index is 0.00708. The van der Waals surface area contributed by atoms with Gasteiger partial charge in [0.2, 0.25) is 5.62 Å². The highest BCUT2D eigenvalue weighted by Crippen LogP contribution is 2.15. The van der Waals surface area contributed by atoms with Crippen LogP contribution in [-0.2, 0) is 13.1 Å². The van der Waals surface area contributed by atoms with E-state index >= 15 is 0 Å². The number of hydrogen-bond acceptors (Lipinski definition) is 3. The van der Waals surface area contributed by atoms with Crippen LogP contribution in [0.1, 0.15) is 24.2 Å². The second-order valence-electron chi connectivity index (χ2n) is 6.51. The zero-order valence-corrected chi connectivity index (χ0v) is 17.4. The molecule has 2 aromatic carbocycles. The fourth-order valence-corrected chi connectivity index (χ4v) is 3.60. The van der Waals surface area contributed by atoms with Crippen molar-refractivity contribution in [3.05, 3.63) is 64.2 Å². The number of carbonyl (C=O) groups is 1. The predicted molar refractivity (Wildman–Crippen MR) is 112 cm³/mol. The van der Waals surface area contributed by atoms with Crippen LogP contribution in [0.2, 0.25) is 0 Å². The predicted octanol–water partition coefficient (Wildman–Crippen LogP) is 3.91. The molecule has 0 bridgehead atoms. The second-order valence-corrected chi connectivity index (χ2v) is 7.42. The monoisotopic (exact) mass is 428 g/mol. The largest absolute Gasteiger partial charge is 0.309 e. The highest BCUT2D eigenvalue weighted by Gasteiger charge is 2.15. The van der Waals surface area contributed by atoms with Gasteiger partial charge in [0, 0.05) is 23.1 Å². The molecule has 0 radical (unpaired) electrons. The first-order valence-corrected chi connectivity index (χ1v) is 10.1. The molecule has 27 heavy (non-hydrogen) atoms. The topological polar surface area (TPSA) is 54.0 Å². The standard InChI is InChI=1S/C21H25BrN4O/c1-3-24(4-2)13-14-25-18-7-5-6-8-19(18)26(21(25)23)15-20(27)16-9-11-17(22)12-10-16/h5-12,23H,3-4,13-15H2,1-2H3. The van der Waals surface area contributed by atoms with Gasteiger partial charge in [-0.25, -0.2) is 0 Å². The first-order valence-electron chi connectivity index (χ1n) is 9.29. The van der Waals surface area contributed by atoms with Crippen LogP contribution in [0.25, 0.3) is 11.0 Å². The number of nitrogens with zero attached hydrogens (tertiary/aromatic N) is 3. The number of hydrogen-bond donors (Lipinski definition) is 1. The van der Waals surface area contributed by atoms with Crippen LogP contribution in [0.4, 0.5) is 0 Å². The van der Waals surface area contributed by atoms with Crippen LogP contribution in [0, 0.1) is 5.41 Å². The third kappa shape index (κ3) is 4.22. The number of rotatable bonds is 8. The summed E-state index contributed by atoms with van der Waals surface area (Å²) < 4.78 is 4.76. The van der Waals surface area contributed by atoms with Gasteiger partial charge in [-0.2, -0.15) is 0 Å². The molecule has 3 rings (SSSR count). The third-order valence-corrected chi connectivity index (χ3v) is 5.51. The van der Waals surface area contributed by atoms with Crippen LogP contribution in [0.3, 0.4) is 0 Å². The van der Waals surface area contributed by atoms with E-state index in [0.717, 1.165) is 41.7 Å². The summed E-state index contributed by atoms with van der Waals surface area (Å²) in [5.41, 5.74) is 2.95. The molecule has 1 N–H and O–H groups in total. The maximum absolute atomic E-state index is 12.8. The number of para-hydroxylation sites is 2. The van der Waals surface area contributed by atoms with Crippen LogP contribution in [0.15, 0.2) is 53.0 Å². The van der Waals surface area contributed by atoms with Gasteiger partial charge in [0.1, 0.15) is 0 Å². The van der Waals surface area contributed by atoms with E-state index < -0.39 is 0 Å². The molecule has 0 aliphatic rings. The van der Waals surface area contributed by atoms with E-state index in [1.165, 1.54) is 0 Å². The van der Waals surface area contributed by atoms with E-state index in [1.54, 1.807) is 0 Å². The molecule has 0 unspecified atom stereocenters. The summed E-state index contributed by atoms with van der Waals surface area (Å²) >= 11 is 3.40. The first kappa shape index (κ1) is 19.6. The molecule has 0 saturated carbocycles. The summed E-state index contributed by atoms with van der Waals surface area (Å²) in [6.45, 7) is 8.07. The average molecular weight is 429 g/mol. The maximum atomic E-state index is 12.8. The summed E-state index contributed by atoms with van der Waals surface area (Å²) in [7, 11) is 0. The lowest BCUT2D eigenvalue weighted by Crippen LogP contribution is -2.32. The van der Waals surface area contributed by atoms with Gasteiger partial charge in [-0.15, -0.1) is 0 Å². The van der Waals surface area contributed by atoms with Gasteiger partial charge in [0.25, 0.3) is 0 Å². The van der Waals surface area contributed by atoms with Crippen LogP contribution in [-0.4, -0.2) is 39.5 Å². The summed E-state index contributed by atoms with van der Waals surface area (Å²) in [6, 6.07) is 15.3. The van der Waals surface area contributed by atoms with Crippen molar-refractivity contribution in [2.75, 3.05) is 19.6 Å². The zero-order chi connectivity index (χ0) is 19.4. The molecule has 0 aliphatic carbocycles. The molecule has 0 saturated heterocycles. The maximum Gasteiger partial charge on any atom is 0.203 e. The Morgan fingerprint density at radius 1 is 1.00 bits per heavy atom. The number of ketones is 1. The normalized spacial score (nSPS) is 11.4. The van der Waals surface area contributed by atoms with Gasteiger partial charge in [-0.05, 0) is 37.4 Å². The number of aromatic nitrogens is 2. The third-order valence-electron chi connectivity index (χ3n) is 4.98. The summed E-state index contributed by atoms with van der Waals surface area (Å²) in [5.74, 6) is 0.00708. The number of benzene rings is 2. The number of carbonyl (C=O) groups excluding carboxylic acids is 1. The quantitative estimate of drug-likeness (QED) is 0.552.